The third-order valence-electron chi connectivity index (χ3n) is 4.13. The van der Waals surface area contributed by atoms with E-state index in [0.29, 0.717) is 30.6 Å². The molecule has 0 aromatic carbocycles. The number of esters is 1. The maximum absolute atomic E-state index is 11.6. The van der Waals surface area contributed by atoms with E-state index in [2.05, 4.69) is 21.1 Å². The van der Waals surface area contributed by atoms with E-state index in [4.69, 9.17) is 14.9 Å². The van der Waals surface area contributed by atoms with Crippen LogP contribution in [0, 0.1) is 0 Å². The summed E-state index contributed by atoms with van der Waals surface area (Å²) >= 11 is 0. The van der Waals surface area contributed by atoms with Crippen LogP contribution >= 0.6 is 0 Å². The van der Waals surface area contributed by atoms with Crippen molar-refractivity contribution in [1.29, 1.82) is 0 Å². The second-order valence-electron chi connectivity index (χ2n) is 6.94. The molecule has 6 heteroatoms. The molecule has 2 N–H and O–H groups in total. The van der Waals surface area contributed by atoms with Gasteiger partial charge in [0.05, 0.1) is 67.0 Å². The topological polar surface area (TPSA) is 66.8 Å². The van der Waals surface area contributed by atoms with Gasteiger partial charge >= 0.3 is 5.97 Å². The fourth-order valence-electron chi connectivity index (χ4n) is 2.49. The van der Waals surface area contributed by atoms with Gasteiger partial charge in [0.1, 0.15) is 13.1 Å². The predicted octanol–water partition coefficient (Wildman–Crippen LogP) is 0.227. The molecule has 0 fully saturated rings. The first kappa shape index (κ1) is 21.3. The molecule has 0 aliphatic carbocycles. The number of aliphatic hydroxyl groups excluding tert-OH is 2. The summed E-state index contributed by atoms with van der Waals surface area (Å²) in [5.41, 5.74) is 0. The minimum absolute atomic E-state index is 0.116. The van der Waals surface area contributed by atoms with Gasteiger partial charge in [-0.25, -0.2) is 0 Å². The molecule has 22 heavy (non-hydrogen) atoms. The van der Waals surface area contributed by atoms with Crippen molar-refractivity contribution in [1.82, 2.24) is 0 Å². The van der Waals surface area contributed by atoms with E-state index in [0.717, 1.165) is 37.0 Å². The highest BCUT2D eigenvalue weighted by Crippen LogP contribution is 2.08. The van der Waals surface area contributed by atoms with Crippen LogP contribution in [-0.4, -0.2) is 98.8 Å². The van der Waals surface area contributed by atoms with Crippen LogP contribution in [0.25, 0.3) is 0 Å². The van der Waals surface area contributed by atoms with Gasteiger partial charge in [-0.05, 0) is 6.42 Å². The Bertz CT molecular complexity index is 303. The highest BCUT2D eigenvalue weighted by atomic mass is 16.5. The quantitative estimate of drug-likeness (QED) is 0.376. The van der Waals surface area contributed by atoms with Crippen LogP contribution in [-0.2, 0) is 9.53 Å². The molecule has 0 radical (unpaired) electrons. The Morgan fingerprint density at radius 3 is 2.05 bits per heavy atom. The lowest BCUT2D eigenvalue weighted by atomic mass is 10.2. The second kappa shape index (κ2) is 10.9. The van der Waals surface area contributed by atoms with Gasteiger partial charge in [-0.2, -0.15) is 0 Å². The Kier molecular flexibility index (Phi) is 10.6. The zero-order valence-corrected chi connectivity index (χ0v) is 14.9. The molecule has 0 heterocycles. The van der Waals surface area contributed by atoms with Gasteiger partial charge in [-0.1, -0.05) is 6.92 Å². The van der Waals surface area contributed by atoms with Gasteiger partial charge in [0.2, 0.25) is 0 Å². The highest BCUT2D eigenvalue weighted by Gasteiger charge is 2.23. The van der Waals surface area contributed by atoms with Gasteiger partial charge in [0.15, 0.2) is 0 Å². The molecule has 0 atom stereocenters. The van der Waals surface area contributed by atoms with E-state index in [-0.39, 0.29) is 19.2 Å². The minimum atomic E-state index is -0.116. The molecule has 0 aliphatic heterocycles. The van der Waals surface area contributed by atoms with Crippen LogP contribution in [0.2, 0.25) is 0 Å². The van der Waals surface area contributed by atoms with Crippen LogP contribution < -0.4 is 0 Å². The van der Waals surface area contributed by atoms with Crippen molar-refractivity contribution in [2.24, 2.45) is 0 Å². The van der Waals surface area contributed by atoms with Crippen LogP contribution in [0.4, 0.5) is 0 Å². The van der Waals surface area contributed by atoms with E-state index in [1.54, 1.807) is 0 Å². The lowest BCUT2D eigenvalue weighted by molar-refractivity contribution is -0.921. The van der Waals surface area contributed by atoms with Gasteiger partial charge in [-0.3, -0.25) is 4.79 Å². The van der Waals surface area contributed by atoms with Crippen LogP contribution in [0.3, 0.4) is 0 Å². The summed E-state index contributed by atoms with van der Waals surface area (Å²) in [6, 6.07) is 0. The monoisotopic (exact) mass is 320 g/mol. The average molecular weight is 320 g/mol. The number of rotatable bonds is 13. The Hall–Kier alpha value is -0.690. The van der Waals surface area contributed by atoms with Crippen LogP contribution in [0.1, 0.15) is 26.2 Å². The third kappa shape index (κ3) is 10.1. The molecule has 0 saturated carbocycles. The molecule has 0 aliphatic rings. The molecular formula is C16H36N2O4+2. The summed E-state index contributed by atoms with van der Waals surface area (Å²) < 4.78 is 6.56. The summed E-state index contributed by atoms with van der Waals surface area (Å²) in [6.07, 6.45) is 2.30. The molecule has 6 nitrogen and oxygen atoms in total. The van der Waals surface area contributed by atoms with Crippen molar-refractivity contribution in [3.8, 4) is 0 Å². The smallest absolute Gasteiger partial charge is 0.311 e. The number of carbonyl (C=O) groups excluding carboxylic acids is 1. The SMILES string of the molecule is CCCOC(=O)CC[N+](C)(C)CCC[N+](C)(CCO)CCO. The first-order valence-corrected chi connectivity index (χ1v) is 8.31. The Labute approximate surface area is 135 Å². The Morgan fingerprint density at radius 2 is 1.55 bits per heavy atom. The molecular weight excluding hydrogens is 284 g/mol. The zero-order valence-electron chi connectivity index (χ0n) is 14.9. The van der Waals surface area contributed by atoms with E-state index < -0.39 is 0 Å². The van der Waals surface area contributed by atoms with E-state index in [1.165, 1.54) is 0 Å². The van der Waals surface area contributed by atoms with Gasteiger partial charge < -0.3 is 23.9 Å². The fraction of sp³-hybridized carbons (Fsp3) is 0.938. The standard InChI is InChI=1S/C16H36N2O4/c1-5-15-22-16(21)7-10-17(2,3)8-6-9-18(4,11-13-19)12-14-20/h19-20H,5-15H2,1-4H3/q+2. The van der Waals surface area contributed by atoms with Crippen molar-refractivity contribution in [2.45, 2.75) is 26.2 Å². The predicted molar refractivity (Wildman–Crippen MR) is 87.3 cm³/mol. The summed E-state index contributed by atoms with van der Waals surface area (Å²) in [5, 5.41) is 18.3. The van der Waals surface area contributed by atoms with Crippen molar-refractivity contribution < 1.29 is 28.7 Å². The average Bonchev–Trinajstić information content (AvgIpc) is 2.43. The number of nitrogens with zero attached hydrogens (tertiary/aromatic N) is 2. The van der Waals surface area contributed by atoms with Crippen molar-refractivity contribution in [2.75, 3.05) is 73.7 Å². The van der Waals surface area contributed by atoms with Crippen LogP contribution in [0.5, 0.6) is 0 Å². The second-order valence-corrected chi connectivity index (χ2v) is 6.94. The first-order chi connectivity index (χ1) is 10.3. The number of likely N-dealkylation sites (N-methyl/N-ethyl adjacent to an activating group) is 1. The summed E-state index contributed by atoms with van der Waals surface area (Å²) in [7, 11) is 6.31. The highest BCUT2D eigenvalue weighted by molar-refractivity contribution is 5.69. The van der Waals surface area contributed by atoms with Gasteiger partial charge in [-0.15, -0.1) is 0 Å². The Morgan fingerprint density at radius 1 is 0.955 bits per heavy atom. The number of carbonyl (C=O) groups is 1. The van der Waals surface area contributed by atoms with E-state index in [9.17, 15) is 4.79 Å². The minimum Gasteiger partial charge on any atom is -0.466 e. The van der Waals surface area contributed by atoms with E-state index >= 15 is 0 Å². The van der Waals surface area contributed by atoms with Gasteiger partial charge in [0.25, 0.3) is 0 Å². The molecule has 0 amide bonds. The van der Waals surface area contributed by atoms with Crippen molar-refractivity contribution in [3.05, 3.63) is 0 Å². The summed E-state index contributed by atoms with van der Waals surface area (Å²) in [6.45, 7) is 6.75. The normalized spacial score (nSPS) is 12.5. The number of hydrogen-bond acceptors (Lipinski definition) is 4. The molecule has 0 bridgehead atoms. The largest absolute Gasteiger partial charge is 0.466 e. The zero-order chi connectivity index (χ0) is 17.1. The maximum atomic E-state index is 11.6. The molecule has 132 valence electrons. The number of ether oxygens (including phenoxy) is 1. The van der Waals surface area contributed by atoms with Gasteiger partial charge in [0, 0.05) is 6.42 Å². The molecule has 0 spiro atoms. The van der Waals surface area contributed by atoms with Crippen molar-refractivity contribution in [3.63, 3.8) is 0 Å². The number of aliphatic hydroxyl groups is 2. The number of quaternary nitrogens is 2. The molecule has 0 unspecified atom stereocenters. The molecule has 0 saturated heterocycles. The number of hydrogen-bond donors (Lipinski definition) is 2. The van der Waals surface area contributed by atoms with E-state index in [1.807, 2.05) is 6.92 Å². The lowest BCUT2D eigenvalue weighted by Crippen LogP contribution is -2.50. The van der Waals surface area contributed by atoms with Crippen LogP contribution in [0.15, 0.2) is 0 Å². The van der Waals surface area contributed by atoms with Crippen molar-refractivity contribution >= 4 is 5.97 Å². The summed E-state index contributed by atoms with van der Waals surface area (Å²) in [4.78, 5) is 11.6. The third-order valence-corrected chi connectivity index (χ3v) is 4.13. The fourth-order valence-corrected chi connectivity index (χ4v) is 2.49. The Balaban J connectivity index is 4.11. The maximum Gasteiger partial charge on any atom is 0.311 e. The molecule has 0 aromatic heterocycles. The first-order valence-electron chi connectivity index (χ1n) is 8.31. The lowest BCUT2D eigenvalue weighted by Gasteiger charge is -2.35. The summed E-state index contributed by atoms with van der Waals surface area (Å²) in [5.74, 6) is -0.116. The molecule has 0 rings (SSSR count). The molecule has 0 aromatic rings.